The summed E-state index contributed by atoms with van der Waals surface area (Å²) in [6, 6.07) is 7.19. The van der Waals surface area contributed by atoms with E-state index in [-0.39, 0.29) is 12.5 Å². The Bertz CT molecular complexity index is 467. The van der Waals surface area contributed by atoms with Gasteiger partial charge in [0.1, 0.15) is 0 Å². The Morgan fingerprint density at radius 2 is 2.00 bits per heavy atom. The zero-order valence-electron chi connectivity index (χ0n) is 12.1. The molecule has 0 aliphatic rings. The number of carbonyl (C=O) groups excluding carboxylic acids is 1. The maximum Gasteiger partial charge on any atom is 0.244 e. The summed E-state index contributed by atoms with van der Waals surface area (Å²) in [5.74, 6) is -0.237. The number of nitrogens with zero attached hydrogens (tertiary/aromatic N) is 1. The van der Waals surface area contributed by atoms with Crippen molar-refractivity contribution in [1.29, 1.82) is 0 Å². The van der Waals surface area contributed by atoms with E-state index in [4.69, 9.17) is 11.6 Å². The van der Waals surface area contributed by atoms with Crippen LogP contribution in [-0.2, 0) is 4.79 Å². The second kappa shape index (κ2) is 7.43. The molecule has 20 heavy (non-hydrogen) atoms. The normalized spacial score (nSPS) is 14.5. The van der Waals surface area contributed by atoms with E-state index in [2.05, 4.69) is 5.32 Å². The molecule has 0 bridgehead atoms. The first-order valence-corrected chi connectivity index (χ1v) is 6.75. The number of carbonyl (C=O) groups is 1. The summed E-state index contributed by atoms with van der Waals surface area (Å²) in [6.07, 6.45) is 3.14. The molecule has 1 unspecified atom stereocenters. The summed E-state index contributed by atoms with van der Waals surface area (Å²) < 4.78 is 0. The van der Waals surface area contributed by atoms with Crippen LogP contribution in [0.15, 0.2) is 30.3 Å². The van der Waals surface area contributed by atoms with Crippen molar-refractivity contribution >= 4 is 23.6 Å². The molecular weight excluding hydrogens is 276 g/mol. The number of hydrogen-bond acceptors (Lipinski definition) is 3. The predicted octanol–water partition coefficient (Wildman–Crippen LogP) is 1.78. The van der Waals surface area contributed by atoms with Crippen LogP contribution in [0.3, 0.4) is 0 Å². The van der Waals surface area contributed by atoms with Crippen LogP contribution in [0.25, 0.3) is 6.08 Å². The van der Waals surface area contributed by atoms with Gasteiger partial charge >= 0.3 is 0 Å². The predicted molar refractivity (Wildman–Crippen MR) is 82.7 cm³/mol. The molecule has 2 N–H and O–H groups in total. The van der Waals surface area contributed by atoms with Crippen molar-refractivity contribution in [2.75, 3.05) is 27.2 Å². The summed E-state index contributed by atoms with van der Waals surface area (Å²) in [5.41, 5.74) is -0.0580. The molecule has 0 spiro atoms. The maximum absolute atomic E-state index is 11.7. The Morgan fingerprint density at radius 1 is 1.40 bits per heavy atom. The fourth-order valence-electron chi connectivity index (χ4n) is 1.82. The number of nitrogens with one attached hydrogen (secondary N) is 1. The van der Waals surface area contributed by atoms with Gasteiger partial charge in [0.05, 0.1) is 5.60 Å². The molecule has 0 heterocycles. The van der Waals surface area contributed by atoms with Gasteiger partial charge in [0.25, 0.3) is 0 Å². The molecule has 4 nitrogen and oxygen atoms in total. The Hall–Kier alpha value is -1.36. The zero-order valence-corrected chi connectivity index (χ0v) is 12.8. The van der Waals surface area contributed by atoms with E-state index >= 15 is 0 Å². The third-order valence-corrected chi connectivity index (χ3v) is 2.85. The van der Waals surface area contributed by atoms with Crippen molar-refractivity contribution in [3.8, 4) is 0 Å². The summed E-state index contributed by atoms with van der Waals surface area (Å²) in [4.78, 5) is 13.5. The van der Waals surface area contributed by atoms with E-state index in [0.717, 1.165) is 5.56 Å². The number of amides is 1. The Morgan fingerprint density at radius 3 is 2.55 bits per heavy atom. The van der Waals surface area contributed by atoms with Crippen LogP contribution in [0.5, 0.6) is 0 Å². The molecular formula is C15H21ClN2O2. The van der Waals surface area contributed by atoms with Gasteiger partial charge in [0.2, 0.25) is 5.91 Å². The Labute approximate surface area is 125 Å². The summed E-state index contributed by atoms with van der Waals surface area (Å²) in [5, 5.41) is 13.4. The van der Waals surface area contributed by atoms with Crippen LogP contribution in [0.4, 0.5) is 0 Å². The van der Waals surface area contributed by atoms with Gasteiger partial charge in [-0.2, -0.15) is 0 Å². The largest absolute Gasteiger partial charge is 0.387 e. The standard InChI is InChI=1S/C15H21ClN2O2/c1-15(20,11-18(2)3)10-17-14(19)9-6-12-4-7-13(16)8-5-12/h4-9,20H,10-11H2,1-3H3,(H,17,19)/b9-6+. The fourth-order valence-corrected chi connectivity index (χ4v) is 1.95. The summed E-state index contributed by atoms with van der Waals surface area (Å²) in [7, 11) is 3.74. The summed E-state index contributed by atoms with van der Waals surface area (Å²) >= 11 is 5.78. The molecule has 0 aromatic heterocycles. The van der Waals surface area contributed by atoms with Gasteiger partial charge in [0.15, 0.2) is 0 Å². The van der Waals surface area contributed by atoms with Crippen molar-refractivity contribution in [3.05, 3.63) is 40.9 Å². The molecule has 0 aliphatic heterocycles. The third-order valence-electron chi connectivity index (χ3n) is 2.60. The number of aliphatic hydroxyl groups is 1. The highest BCUT2D eigenvalue weighted by atomic mass is 35.5. The average molecular weight is 297 g/mol. The van der Waals surface area contributed by atoms with E-state index < -0.39 is 5.60 Å². The first-order valence-electron chi connectivity index (χ1n) is 6.37. The molecule has 0 fully saturated rings. The van der Waals surface area contributed by atoms with Gasteiger partial charge < -0.3 is 15.3 Å². The van der Waals surface area contributed by atoms with E-state index in [9.17, 15) is 9.90 Å². The minimum Gasteiger partial charge on any atom is -0.387 e. The Balaban J connectivity index is 2.45. The van der Waals surface area contributed by atoms with Gasteiger partial charge in [-0.15, -0.1) is 0 Å². The van der Waals surface area contributed by atoms with Crippen molar-refractivity contribution in [2.24, 2.45) is 0 Å². The highest BCUT2D eigenvalue weighted by molar-refractivity contribution is 6.30. The first kappa shape index (κ1) is 16.7. The third kappa shape index (κ3) is 6.70. The van der Waals surface area contributed by atoms with E-state index in [1.807, 2.05) is 31.1 Å². The number of halogens is 1. The van der Waals surface area contributed by atoms with Gasteiger partial charge in [0, 0.05) is 24.2 Å². The molecule has 1 rings (SSSR count). The lowest BCUT2D eigenvalue weighted by molar-refractivity contribution is -0.117. The number of likely N-dealkylation sites (N-methyl/N-ethyl adjacent to an activating group) is 1. The van der Waals surface area contributed by atoms with Gasteiger partial charge in [-0.3, -0.25) is 4.79 Å². The van der Waals surface area contributed by atoms with Crippen molar-refractivity contribution in [3.63, 3.8) is 0 Å². The smallest absolute Gasteiger partial charge is 0.244 e. The average Bonchev–Trinajstić information content (AvgIpc) is 2.34. The van der Waals surface area contributed by atoms with Crippen LogP contribution in [0.2, 0.25) is 5.02 Å². The van der Waals surface area contributed by atoms with Crippen LogP contribution in [-0.4, -0.2) is 48.7 Å². The SMILES string of the molecule is CN(C)CC(C)(O)CNC(=O)/C=C/c1ccc(Cl)cc1. The summed E-state index contributed by atoms with van der Waals surface area (Å²) in [6.45, 7) is 2.37. The van der Waals surface area contributed by atoms with Crippen LogP contribution in [0, 0.1) is 0 Å². The molecule has 0 aliphatic carbocycles. The molecule has 1 atom stereocenters. The van der Waals surface area contributed by atoms with Crippen LogP contribution in [0.1, 0.15) is 12.5 Å². The monoisotopic (exact) mass is 296 g/mol. The number of hydrogen-bond donors (Lipinski definition) is 2. The molecule has 1 aromatic rings. The fraction of sp³-hybridized carbons (Fsp3) is 0.400. The van der Waals surface area contributed by atoms with Gasteiger partial charge in [-0.1, -0.05) is 23.7 Å². The van der Waals surface area contributed by atoms with E-state index in [1.54, 1.807) is 25.1 Å². The molecule has 0 saturated carbocycles. The maximum atomic E-state index is 11.7. The van der Waals surface area contributed by atoms with E-state index in [0.29, 0.717) is 11.6 Å². The topological polar surface area (TPSA) is 52.6 Å². The molecule has 0 saturated heterocycles. The second-order valence-electron chi connectivity index (χ2n) is 5.34. The highest BCUT2D eigenvalue weighted by Gasteiger charge is 2.21. The number of rotatable bonds is 6. The minimum absolute atomic E-state index is 0.203. The van der Waals surface area contributed by atoms with Crippen molar-refractivity contribution in [1.82, 2.24) is 10.2 Å². The first-order chi connectivity index (χ1) is 9.28. The molecule has 5 heteroatoms. The lowest BCUT2D eigenvalue weighted by Gasteiger charge is -2.26. The van der Waals surface area contributed by atoms with Crippen molar-refractivity contribution in [2.45, 2.75) is 12.5 Å². The molecule has 1 amide bonds. The highest BCUT2D eigenvalue weighted by Crippen LogP contribution is 2.10. The Kier molecular flexibility index (Phi) is 6.20. The quantitative estimate of drug-likeness (QED) is 0.787. The molecule has 110 valence electrons. The number of benzene rings is 1. The second-order valence-corrected chi connectivity index (χ2v) is 5.77. The minimum atomic E-state index is -0.951. The lowest BCUT2D eigenvalue weighted by Crippen LogP contribution is -2.46. The van der Waals surface area contributed by atoms with Gasteiger partial charge in [-0.25, -0.2) is 0 Å². The van der Waals surface area contributed by atoms with Crippen molar-refractivity contribution < 1.29 is 9.90 Å². The van der Waals surface area contributed by atoms with E-state index in [1.165, 1.54) is 6.08 Å². The van der Waals surface area contributed by atoms with Gasteiger partial charge in [-0.05, 0) is 44.8 Å². The lowest BCUT2D eigenvalue weighted by atomic mass is 10.1. The molecule has 1 aromatic carbocycles. The zero-order chi connectivity index (χ0) is 15.2. The molecule has 0 radical (unpaired) electrons. The van der Waals surface area contributed by atoms with Crippen LogP contribution < -0.4 is 5.32 Å². The van der Waals surface area contributed by atoms with Crippen LogP contribution >= 0.6 is 11.6 Å².